The molecule has 6 nitrogen and oxygen atoms in total. The van der Waals surface area contributed by atoms with Crippen LogP contribution >= 0.6 is 11.6 Å². The van der Waals surface area contributed by atoms with Crippen LogP contribution in [0.25, 0.3) is 0 Å². The molecule has 7 heteroatoms. The lowest BCUT2D eigenvalue weighted by Crippen LogP contribution is -2.32. The fraction of sp³-hybridized carbons (Fsp3) is 0.500. The van der Waals surface area contributed by atoms with Gasteiger partial charge in [-0.1, -0.05) is 11.6 Å². The van der Waals surface area contributed by atoms with Crippen LogP contribution in [0.1, 0.15) is 18.9 Å². The summed E-state index contributed by atoms with van der Waals surface area (Å²) in [6, 6.07) is 5.12. The van der Waals surface area contributed by atoms with Gasteiger partial charge in [-0.2, -0.15) is 0 Å². The second-order valence-electron chi connectivity index (χ2n) is 5.55. The second kappa shape index (κ2) is 8.17. The highest BCUT2D eigenvalue weighted by Crippen LogP contribution is 2.27. The SMILES string of the molecule is CCNC(=O)[C@@H]1CCN(Cc2cc(Cl)ccc2OCC(=O)O)C1. The number of carboxylic acid groups (broad SMARTS) is 1. The molecule has 0 aromatic heterocycles. The number of ether oxygens (including phenoxy) is 1. The number of aliphatic carboxylic acids is 1. The molecule has 1 atom stereocenters. The first-order chi connectivity index (χ1) is 11.0. The van der Waals surface area contributed by atoms with Gasteiger partial charge in [-0.05, 0) is 38.1 Å². The largest absolute Gasteiger partial charge is 0.482 e. The minimum Gasteiger partial charge on any atom is -0.482 e. The minimum atomic E-state index is -1.02. The van der Waals surface area contributed by atoms with E-state index in [9.17, 15) is 9.59 Å². The highest BCUT2D eigenvalue weighted by molar-refractivity contribution is 6.30. The van der Waals surface area contributed by atoms with Crippen molar-refractivity contribution in [1.29, 1.82) is 0 Å². The van der Waals surface area contributed by atoms with Gasteiger partial charge in [-0.15, -0.1) is 0 Å². The zero-order valence-corrected chi connectivity index (χ0v) is 13.8. The smallest absolute Gasteiger partial charge is 0.341 e. The topological polar surface area (TPSA) is 78.9 Å². The molecule has 1 aliphatic rings. The minimum absolute atomic E-state index is 0.00229. The average molecular weight is 341 g/mol. The molecule has 1 aromatic rings. The number of carboxylic acids is 1. The Labute approximate surface area is 140 Å². The van der Waals surface area contributed by atoms with Crippen molar-refractivity contribution in [3.8, 4) is 5.75 Å². The molecule has 0 radical (unpaired) electrons. The predicted octanol–water partition coefficient (Wildman–Crippen LogP) is 1.76. The highest BCUT2D eigenvalue weighted by atomic mass is 35.5. The van der Waals surface area contributed by atoms with Crippen LogP contribution in [0.3, 0.4) is 0 Å². The van der Waals surface area contributed by atoms with Crippen LogP contribution in [0.2, 0.25) is 5.02 Å². The van der Waals surface area contributed by atoms with Gasteiger partial charge in [0.2, 0.25) is 5.91 Å². The molecule has 0 spiro atoms. The molecule has 1 amide bonds. The van der Waals surface area contributed by atoms with E-state index in [2.05, 4.69) is 10.2 Å². The van der Waals surface area contributed by atoms with Crippen LogP contribution in [-0.2, 0) is 16.1 Å². The highest BCUT2D eigenvalue weighted by Gasteiger charge is 2.28. The molecule has 0 unspecified atom stereocenters. The molecule has 126 valence electrons. The zero-order chi connectivity index (χ0) is 16.8. The Morgan fingerprint density at radius 2 is 2.26 bits per heavy atom. The van der Waals surface area contributed by atoms with E-state index in [0.29, 0.717) is 30.4 Å². The maximum Gasteiger partial charge on any atom is 0.341 e. The van der Waals surface area contributed by atoms with Crippen molar-refractivity contribution in [2.24, 2.45) is 5.92 Å². The Morgan fingerprint density at radius 3 is 2.96 bits per heavy atom. The maximum atomic E-state index is 11.9. The van der Waals surface area contributed by atoms with E-state index in [0.717, 1.165) is 18.5 Å². The van der Waals surface area contributed by atoms with Crippen LogP contribution in [0.5, 0.6) is 5.75 Å². The van der Waals surface area contributed by atoms with Gasteiger partial charge in [-0.25, -0.2) is 4.79 Å². The summed E-state index contributed by atoms with van der Waals surface area (Å²) in [4.78, 5) is 24.7. The van der Waals surface area contributed by atoms with Gasteiger partial charge >= 0.3 is 5.97 Å². The summed E-state index contributed by atoms with van der Waals surface area (Å²) in [5, 5.41) is 12.2. The Balaban J connectivity index is 2.01. The number of hydrogen-bond acceptors (Lipinski definition) is 4. The van der Waals surface area contributed by atoms with E-state index >= 15 is 0 Å². The third-order valence-electron chi connectivity index (χ3n) is 3.76. The molecular weight excluding hydrogens is 320 g/mol. The van der Waals surface area contributed by atoms with Gasteiger partial charge in [0.1, 0.15) is 5.75 Å². The van der Waals surface area contributed by atoms with E-state index in [1.54, 1.807) is 18.2 Å². The number of halogens is 1. The van der Waals surface area contributed by atoms with Crippen molar-refractivity contribution in [2.75, 3.05) is 26.2 Å². The zero-order valence-electron chi connectivity index (χ0n) is 13.0. The van der Waals surface area contributed by atoms with Crippen LogP contribution in [0.15, 0.2) is 18.2 Å². The third-order valence-corrected chi connectivity index (χ3v) is 4.00. The first-order valence-corrected chi connectivity index (χ1v) is 8.00. The quantitative estimate of drug-likeness (QED) is 0.790. The predicted molar refractivity (Wildman–Crippen MR) is 86.7 cm³/mol. The van der Waals surface area contributed by atoms with Crippen molar-refractivity contribution in [3.05, 3.63) is 28.8 Å². The Kier molecular flexibility index (Phi) is 6.24. The summed E-state index contributed by atoms with van der Waals surface area (Å²) in [6.07, 6.45) is 0.817. The average Bonchev–Trinajstić information content (AvgIpc) is 2.95. The molecule has 1 saturated heterocycles. The Bertz CT molecular complexity index is 579. The van der Waals surface area contributed by atoms with E-state index < -0.39 is 12.6 Å². The summed E-state index contributed by atoms with van der Waals surface area (Å²) < 4.78 is 5.31. The van der Waals surface area contributed by atoms with Gasteiger partial charge < -0.3 is 15.2 Å². The lowest BCUT2D eigenvalue weighted by Gasteiger charge is -2.18. The number of benzene rings is 1. The fourth-order valence-electron chi connectivity index (χ4n) is 2.70. The summed E-state index contributed by atoms with van der Waals surface area (Å²) >= 11 is 6.03. The van der Waals surface area contributed by atoms with Crippen molar-refractivity contribution < 1.29 is 19.4 Å². The van der Waals surface area contributed by atoms with E-state index in [1.807, 2.05) is 6.92 Å². The number of hydrogen-bond donors (Lipinski definition) is 2. The number of amides is 1. The Hall–Kier alpha value is -1.79. The van der Waals surface area contributed by atoms with Gasteiger partial charge in [-0.3, -0.25) is 9.69 Å². The van der Waals surface area contributed by atoms with Crippen molar-refractivity contribution in [3.63, 3.8) is 0 Å². The standard InChI is InChI=1S/C16H21ClN2O4/c1-2-18-16(22)11-5-6-19(8-11)9-12-7-13(17)3-4-14(12)23-10-15(20)21/h3-4,7,11H,2,5-6,8-10H2,1H3,(H,18,22)(H,20,21)/t11-/m1/s1. The number of nitrogens with zero attached hydrogens (tertiary/aromatic N) is 1. The lowest BCUT2D eigenvalue weighted by atomic mass is 10.1. The molecular formula is C16H21ClN2O4. The number of carbonyl (C=O) groups is 2. The van der Waals surface area contributed by atoms with Crippen LogP contribution in [0, 0.1) is 5.92 Å². The van der Waals surface area contributed by atoms with Crippen molar-refractivity contribution >= 4 is 23.5 Å². The number of likely N-dealkylation sites (tertiary alicyclic amines) is 1. The molecule has 0 bridgehead atoms. The van der Waals surface area contributed by atoms with Crippen molar-refractivity contribution in [1.82, 2.24) is 10.2 Å². The second-order valence-corrected chi connectivity index (χ2v) is 5.99. The molecule has 1 aromatic carbocycles. The molecule has 1 heterocycles. The number of carbonyl (C=O) groups excluding carboxylic acids is 1. The van der Waals surface area contributed by atoms with Gasteiger partial charge in [0.05, 0.1) is 5.92 Å². The summed E-state index contributed by atoms with van der Waals surface area (Å²) in [5.74, 6) is -0.428. The Morgan fingerprint density at radius 1 is 1.48 bits per heavy atom. The maximum absolute atomic E-state index is 11.9. The number of rotatable bonds is 7. The normalized spacial score (nSPS) is 17.9. The molecule has 2 N–H and O–H groups in total. The van der Waals surface area contributed by atoms with E-state index in [-0.39, 0.29) is 11.8 Å². The third kappa shape index (κ3) is 5.11. The summed E-state index contributed by atoms with van der Waals surface area (Å²) in [5.41, 5.74) is 0.829. The van der Waals surface area contributed by atoms with Crippen LogP contribution in [0.4, 0.5) is 0 Å². The number of nitrogens with one attached hydrogen (secondary N) is 1. The monoisotopic (exact) mass is 340 g/mol. The summed E-state index contributed by atoms with van der Waals surface area (Å²) in [7, 11) is 0. The fourth-order valence-corrected chi connectivity index (χ4v) is 2.90. The van der Waals surface area contributed by atoms with Gasteiger partial charge in [0.25, 0.3) is 0 Å². The molecule has 1 aliphatic heterocycles. The molecule has 0 aliphatic carbocycles. The summed E-state index contributed by atoms with van der Waals surface area (Å²) in [6.45, 7) is 4.21. The molecule has 0 saturated carbocycles. The van der Waals surface area contributed by atoms with Crippen LogP contribution in [-0.4, -0.2) is 48.1 Å². The van der Waals surface area contributed by atoms with Crippen molar-refractivity contribution in [2.45, 2.75) is 19.9 Å². The van der Waals surface area contributed by atoms with Gasteiger partial charge in [0.15, 0.2) is 6.61 Å². The van der Waals surface area contributed by atoms with Gasteiger partial charge in [0, 0.05) is 30.2 Å². The van der Waals surface area contributed by atoms with E-state index in [1.165, 1.54) is 0 Å². The molecule has 2 rings (SSSR count). The van der Waals surface area contributed by atoms with E-state index in [4.69, 9.17) is 21.4 Å². The first kappa shape index (κ1) is 17.6. The first-order valence-electron chi connectivity index (χ1n) is 7.62. The lowest BCUT2D eigenvalue weighted by molar-refractivity contribution is -0.139. The molecule has 1 fully saturated rings. The molecule has 23 heavy (non-hydrogen) atoms. The van der Waals surface area contributed by atoms with Crippen LogP contribution < -0.4 is 10.1 Å².